The SMILES string of the molecule is CC(C)(C)N1C2CC1CN(c1cc3c(cc1F)C(=O)N([C@H]1CCC(=O)NC1=O)C3)C2. The van der Waals surface area contributed by atoms with E-state index in [1.54, 1.807) is 6.07 Å². The van der Waals surface area contributed by atoms with Crippen LogP contribution in [0.25, 0.3) is 0 Å². The van der Waals surface area contributed by atoms with E-state index in [0.29, 0.717) is 29.8 Å². The van der Waals surface area contributed by atoms with Crippen molar-refractivity contribution in [3.8, 4) is 0 Å². The maximum absolute atomic E-state index is 15.0. The minimum atomic E-state index is -0.683. The van der Waals surface area contributed by atoms with Crippen molar-refractivity contribution >= 4 is 23.4 Å². The van der Waals surface area contributed by atoms with Crippen LogP contribution < -0.4 is 10.2 Å². The van der Waals surface area contributed by atoms with Gasteiger partial charge in [-0.2, -0.15) is 0 Å². The number of carbonyl (C=O) groups excluding carboxylic acids is 3. The highest BCUT2D eigenvalue weighted by atomic mass is 19.1. The molecule has 5 aliphatic rings. The van der Waals surface area contributed by atoms with Gasteiger partial charge < -0.3 is 9.80 Å². The van der Waals surface area contributed by atoms with Gasteiger partial charge in [0, 0.05) is 49.2 Å². The van der Waals surface area contributed by atoms with Crippen molar-refractivity contribution < 1.29 is 18.8 Å². The highest BCUT2D eigenvalue weighted by Crippen LogP contribution is 2.41. The van der Waals surface area contributed by atoms with Gasteiger partial charge >= 0.3 is 0 Å². The molecule has 1 aromatic carbocycles. The number of fused-ring (bicyclic) bond motifs is 3. The highest BCUT2D eigenvalue weighted by molar-refractivity contribution is 6.05. The van der Waals surface area contributed by atoms with Crippen molar-refractivity contribution in [1.82, 2.24) is 15.1 Å². The second-order valence-corrected chi connectivity index (χ2v) is 9.89. The van der Waals surface area contributed by atoms with Crippen LogP contribution in [0.1, 0.15) is 56.0 Å². The van der Waals surface area contributed by atoms with E-state index in [-0.39, 0.29) is 30.3 Å². The standard InChI is InChI=1S/C22H27FN4O3/c1-22(2,3)27-13-7-14(27)11-25(10-13)18-6-12-9-26(21(30)15(12)8-16(18)23)17-4-5-19(28)24-20(17)29/h6,8,13-14,17H,4-5,7,9-11H2,1-3H3,(H,24,28,29)/t13?,14?,17-/m0/s1. The van der Waals surface area contributed by atoms with Crippen molar-refractivity contribution in [2.24, 2.45) is 0 Å². The van der Waals surface area contributed by atoms with Gasteiger partial charge in [-0.25, -0.2) is 4.39 Å². The monoisotopic (exact) mass is 414 g/mol. The number of imide groups is 1. The van der Waals surface area contributed by atoms with E-state index in [0.717, 1.165) is 25.1 Å². The minimum Gasteiger partial charge on any atom is -0.366 e. The van der Waals surface area contributed by atoms with Crippen LogP contribution in [0, 0.1) is 5.82 Å². The number of nitrogens with one attached hydrogen (secondary N) is 1. The first-order chi connectivity index (χ1) is 14.1. The number of anilines is 1. The lowest BCUT2D eigenvalue weighted by atomic mass is 9.82. The van der Waals surface area contributed by atoms with E-state index in [1.165, 1.54) is 11.0 Å². The summed E-state index contributed by atoms with van der Waals surface area (Å²) >= 11 is 0. The zero-order valence-electron chi connectivity index (χ0n) is 17.6. The van der Waals surface area contributed by atoms with Gasteiger partial charge in [0.15, 0.2) is 0 Å². The molecule has 0 saturated carbocycles. The molecule has 5 heterocycles. The summed E-state index contributed by atoms with van der Waals surface area (Å²) in [5.74, 6) is -1.51. The first-order valence-corrected chi connectivity index (χ1v) is 10.6. The van der Waals surface area contributed by atoms with E-state index in [1.807, 2.05) is 0 Å². The molecule has 8 heteroatoms. The summed E-state index contributed by atoms with van der Waals surface area (Å²) in [6.07, 6.45) is 1.65. The van der Waals surface area contributed by atoms with Crippen LogP contribution in [0.15, 0.2) is 12.1 Å². The van der Waals surface area contributed by atoms with E-state index in [2.05, 4.69) is 35.9 Å². The quantitative estimate of drug-likeness (QED) is 0.745. The Bertz CT molecular complexity index is 944. The molecule has 7 nitrogen and oxygen atoms in total. The van der Waals surface area contributed by atoms with Crippen molar-refractivity contribution in [1.29, 1.82) is 0 Å². The fraction of sp³-hybridized carbons (Fsp3) is 0.591. The first-order valence-electron chi connectivity index (χ1n) is 10.6. The topological polar surface area (TPSA) is 73.0 Å². The fourth-order valence-corrected chi connectivity index (χ4v) is 5.72. The van der Waals surface area contributed by atoms with Crippen LogP contribution in [0.4, 0.5) is 10.1 Å². The third kappa shape index (κ3) is 2.92. The van der Waals surface area contributed by atoms with Crippen molar-refractivity contribution in [2.45, 2.75) is 70.2 Å². The molecule has 0 aliphatic carbocycles. The Labute approximate surface area is 175 Å². The molecule has 0 radical (unpaired) electrons. The number of hydrogen-bond acceptors (Lipinski definition) is 5. The zero-order valence-corrected chi connectivity index (χ0v) is 17.6. The summed E-state index contributed by atoms with van der Waals surface area (Å²) in [5.41, 5.74) is 1.70. The lowest BCUT2D eigenvalue weighted by Gasteiger charge is -2.61. The van der Waals surface area contributed by atoms with Crippen LogP contribution in [0.3, 0.4) is 0 Å². The van der Waals surface area contributed by atoms with Gasteiger partial charge in [0.25, 0.3) is 5.91 Å². The van der Waals surface area contributed by atoms with E-state index >= 15 is 4.39 Å². The summed E-state index contributed by atoms with van der Waals surface area (Å²) in [6, 6.07) is 3.24. The predicted octanol–water partition coefficient (Wildman–Crippen LogP) is 1.65. The van der Waals surface area contributed by atoms with Gasteiger partial charge in [0.05, 0.1) is 5.69 Å². The number of amides is 3. The van der Waals surface area contributed by atoms with Gasteiger partial charge in [-0.15, -0.1) is 0 Å². The van der Waals surface area contributed by atoms with E-state index in [9.17, 15) is 14.4 Å². The Morgan fingerprint density at radius 1 is 1.10 bits per heavy atom. The molecular formula is C22H27FN4O3. The van der Waals surface area contributed by atoms with Gasteiger partial charge in [-0.05, 0) is 51.3 Å². The highest BCUT2D eigenvalue weighted by Gasteiger charge is 2.49. The summed E-state index contributed by atoms with van der Waals surface area (Å²) in [5, 5.41) is 2.30. The summed E-state index contributed by atoms with van der Waals surface area (Å²) in [6.45, 7) is 8.46. The molecule has 0 spiro atoms. The van der Waals surface area contributed by atoms with Crippen molar-refractivity contribution in [2.75, 3.05) is 18.0 Å². The van der Waals surface area contributed by atoms with E-state index in [4.69, 9.17) is 0 Å². The molecule has 3 atom stereocenters. The van der Waals surface area contributed by atoms with Gasteiger partial charge in [0.1, 0.15) is 11.9 Å². The Kier molecular flexibility index (Phi) is 4.23. The molecule has 4 fully saturated rings. The number of piperazine rings is 1. The number of halogens is 1. The zero-order chi connectivity index (χ0) is 21.4. The normalized spacial score (nSPS) is 29.1. The number of piperidine rings is 2. The number of rotatable bonds is 2. The van der Waals surface area contributed by atoms with Crippen LogP contribution in [0.2, 0.25) is 0 Å². The smallest absolute Gasteiger partial charge is 0.255 e. The minimum absolute atomic E-state index is 0.102. The second-order valence-electron chi connectivity index (χ2n) is 9.89. The van der Waals surface area contributed by atoms with E-state index < -0.39 is 17.8 Å². The largest absolute Gasteiger partial charge is 0.366 e. The molecule has 5 aliphatic heterocycles. The molecule has 0 aromatic heterocycles. The molecule has 6 rings (SSSR count). The third-order valence-electron chi connectivity index (χ3n) is 6.90. The van der Waals surface area contributed by atoms with Gasteiger partial charge in [0.2, 0.25) is 11.8 Å². The molecular weight excluding hydrogens is 387 g/mol. The average Bonchev–Trinajstić information content (AvgIpc) is 2.95. The van der Waals surface area contributed by atoms with Crippen LogP contribution in [-0.2, 0) is 16.1 Å². The third-order valence-corrected chi connectivity index (χ3v) is 6.90. The Morgan fingerprint density at radius 2 is 1.80 bits per heavy atom. The molecule has 1 aromatic rings. The first kappa shape index (κ1) is 19.5. The number of nitrogens with zero attached hydrogens (tertiary/aromatic N) is 3. The molecule has 4 saturated heterocycles. The molecule has 3 amide bonds. The van der Waals surface area contributed by atoms with Crippen LogP contribution >= 0.6 is 0 Å². The maximum atomic E-state index is 15.0. The molecule has 2 bridgehead atoms. The molecule has 160 valence electrons. The second kappa shape index (κ2) is 6.51. The number of benzene rings is 1. The number of carbonyl (C=O) groups is 3. The van der Waals surface area contributed by atoms with Crippen molar-refractivity contribution in [3.63, 3.8) is 0 Å². The lowest BCUT2D eigenvalue weighted by Crippen LogP contribution is -2.73. The molecule has 1 N–H and O–H groups in total. The van der Waals surface area contributed by atoms with Crippen LogP contribution in [0.5, 0.6) is 0 Å². The van der Waals surface area contributed by atoms with Crippen LogP contribution in [-0.4, -0.2) is 64.3 Å². The Morgan fingerprint density at radius 3 is 2.43 bits per heavy atom. The van der Waals surface area contributed by atoms with Gasteiger partial charge in [-0.3, -0.25) is 24.6 Å². The lowest BCUT2D eigenvalue weighted by molar-refractivity contribution is -0.136. The Hall–Kier alpha value is -2.48. The molecule has 30 heavy (non-hydrogen) atoms. The Balaban J connectivity index is 1.37. The summed E-state index contributed by atoms with van der Waals surface area (Å²) < 4.78 is 15.0. The number of hydrogen-bond donors (Lipinski definition) is 1. The average molecular weight is 414 g/mol. The summed E-state index contributed by atoms with van der Waals surface area (Å²) in [4.78, 5) is 42.6. The van der Waals surface area contributed by atoms with Crippen molar-refractivity contribution in [3.05, 3.63) is 29.1 Å². The fourth-order valence-electron chi connectivity index (χ4n) is 5.72. The maximum Gasteiger partial charge on any atom is 0.255 e. The predicted molar refractivity (Wildman–Crippen MR) is 108 cm³/mol. The van der Waals surface area contributed by atoms with Gasteiger partial charge in [-0.1, -0.05) is 0 Å². The summed E-state index contributed by atoms with van der Waals surface area (Å²) in [7, 11) is 0. The molecule has 2 unspecified atom stereocenters.